The van der Waals surface area contributed by atoms with Crippen LogP contribution in [0.2, 0.25) is 5.02 Å². The highest BCUT2D eigenvalue weighted by Crippen LogP contribution is 2.25. The number of aliphatic imine (C=N–C) groups is 1. The predicted molar refractivity (Wildman–Crippen MR) is 76.5 cm³/mol. The minimum atomic E-state index is -0.00692. The van der Waals surface area contributed by atoms with Crippen molar-refractivity contribution in [3.8, 4) is 0 Å². The first-order chi connectivity index (χ1) is 8.58. The van der Waals surface area contributed by atoms with Crippen molar-refractivity contribution in [2.75, 3.05) is 0 Å². The lowest BCUT2D eigenvalue weighted by Crippen LogP contribution is -2.05. The molecule has 0 aliphatic carbocycles. The molecule has 0 amide bonds. The quantitative estimate of drug-likeness (QED) is 0.653. The number of benzene rings is 1. The van der Waals surface area contributed by atoms with Gasteiger partial charge in [0.15, 0.2) is 5.78 Å². The van der Waals surface area contributed by atoms with Crippen molar-refractivity contribution in [2.45, 2.75) is 26.7 Å². The van der Waals surface area contributed by atoms with Crippen molar-refractivity contribution in [3.63, 3.8) is 0 Å². The van der Waals surface area contributed by atoms with Gasteiger partial charge in [-0.25, -0.2) is 0 Å². The van der Waals surface area contributed by atoms with E-state index in [0.29, 0.717) is 22.7 Å². The van der Waals surface area contributed by atoms with E-state index in [-0.39, 0.29) is 5.78 Å². The van der Waals surface area contributed by atoms with Crippen molar-refractivity contribution in [2.24, 2.45) is 10.7 Å². The molecule has 3 nitrogen and oxygen atoms in total. The molecule has 0 aliphatic rings. The maximum Gasteiger partial charge on any atom is 0.165 e. The molecule has 1 aromatic carbocycles. The molecule has 0 spiro atoms. The zero-order valence-electron chi connectivity index (χ0n) is 10.6. The summed E-state index contributed by atoms with van der Waals surface area (Å²) in [7, 11) is 0. The third kappa shape index (κ3) is 4.00. The van der Waals surface area contributed by atoms with E-state index in [9.17, 15) is 4.79 Å². The lowest BCUT2D eigenvalue weighted by molar-refractivity contribution is -0.115. The Bertz CT molecular complexity index is 493. The van der Waals surface area contributed by atoms with E-state index in [1.54, 1.807) is 6.07 Å². The van der Waals surface area contributed by atoms with E-state index >= 15 is 0 Å². The van der Waals surface area contributed by atoms with Crippen LogP contribution >= 0.6 is 11.6 Å². The van der Waals surface area contributed by atoms with E-state index in [2.05, 4.69) is 4.99 Å². The fourth-order valence-corrected chi connectivity index (χ4v) is 1.61. The fraction of sp³-hybridized carbons (Fsp3) is 0.286. The van der Waals surface area contributed by atoms with Gasteiger partial charge in [-0.1, -0.05) is 24.6 Å². The van der Waals surface area contributed by atoms with Gasteiger partial charge in [-0.05, 0) is 31.0 Å². The number of hydrogen-bond acceptors (Lipinski definition) is 3. The third-order valence-electron chi connectivity index (χ3n) is 2.42. The third-order valence-corrected chi connectivity index (χ3v) is 2.74. The molecule has 18 heavy (non-hydrogen) atoms. The molecule has 0 saturated heterocycles. The van der Waals surface area contributed by atoms with Gasteiger partial charge in [0.05, 0.1) is 16.3 Å². The average Bonchev–Trinajstić information content (AvgIpc) is 2.34. The molecule has 96 valence electrons. The molecule has 4 heteroatoms. The smallest absolute Gasteiger partial charge is 0.165 e. The molecular formula is C14H17ClN2O. The van der Waals surface area contributed by atoms with E-state index < -0.39 is 0 Å². The normalized spacial score (nSPS) is 12.1. The molecule has 0 fully saturated rings. The van der Waals surface area contributed by atoms with Crippen LogP contribution in [0.1, 0.15) is 25.3 Å². The number of halogens is 1. The van der Waals surface area contributed by atoms with Gasteiger partial charge in [-0.3, -0.25) is 9.79 Å². The van der Waals surface area contributed by atoms with Crippen LogP contribution in [0.5, 0.6) is 0 Å². The standard InChI is InChI=1S/C14H17ClN2O/c1-3-4-14(18)11(8-16)9-17-13-7-10(2)5-6-12(13)15/h5-9H,3-4,16H2,1-2H3/b11-8+,17-9?. The largest absolute Gasteiger partial charge is 0.404 e. The second-order valence-corrected chi connectivity index (χ2v) is 4.42. The van der Waals surface area contributed by atoms with Crippen molar-refractivity contribution >= 4 is 29.3 Å². The predicted octanol–water partition coefficient (Wildman–Crippen LogP) is 3.56. The first kappa shape index (κ1) is 14.5. The van der Waals surface area contributed by atoms with Crippen LogP contribution in [-0.2, 0) is 4.79 Å². The number of hydrogen-bond donors (Lipinski definition) is 1. The van der Waals surface area contributed by atoms with Crippen molar-refractivity contribution in [1.82, 2.24) is 0 Å². The molecule has 0 aliphatic heterocycles. The highest BCUT2D eigenvalue weighted by atomic mass is 35.5. The summed E-state index contributed by atoms with van der Waals surface area (Å²) in [6.45, 7) is 3.90. The van der Waals surface area contributed by atoms with Gasteiger partial charge in [0, 0.05) is 18.8 Å². The molecule has 0 bridgehead atoms. The lowest BCUT2D eigenvalue weighted by Gasteiger charge is -2.01. The number of Topliss-reactive ketones (excluding diaryl/α,β-unsaturated/α-hetero) is 1. The van der Waals surface area contributed by atoms with Crippen LogP contribution < -0.4 is 5.73 Å². The van der Waals surface area contributed by atoms with Crippen LogP contribution in [0.3, 0.4) is 0 Å². The Morgan fingerprint density at radius 1 is 1.50 bits per heavy atom. The number of nitrogens with two attached hydrogens (primary N) is 1. The van der Waals surface area contributed by atoms with Gasteiger partial charge < -0.3 is 5.73 Å². The maximum absolute atomic E-state index is 11.7. The Morgan fingerprint density at radius 3 is 2.83 bits per heavy atom. The van der Waals surface area contributed by atoms with Gasteiger partial charge >= 0.3 is 0 Å². The number of carbonyl (C=O) groups is 1. The van der Waals surface area contributed by atoms with Crippen molar-refractivity contribution in [1.29, 1.82) is 0 Å². The minimum Gasteiger partial charge on any atom is -0.404 e. The van der Waals surface area contributed by atoms with E-state index in [1.165, 1.54) is 12.4 Å². The zero-order chi connectivity index (χ0) is 13.5. The molecule has 0 atom stereocenters. The summed E-state index contributed by atoms with van der Waals surface area (Å²) in [5.74, 6) is -0.00692. The highest BCUT2D eigenvalue weighted by molar-refractivity contribution is 6.33. The maximum atomic E-state index is 11.7. The first-order valence-electron chi connectivity index (χ1n) is 5.83. The van der Waals surface area contributed by atoms with Gasteiger partial charge in [-0.15, -0.1) is 0 Å². The van der Waals surface area contributed by atoms with Crippen LogP contribution in [0.4, 0.5) is 5.69 Å². The Morgan fingerprint density at radius 2 is 2.22 bits per heavy atom. The molecule has 0 radical (unpaired) electrons. The number of ketones is 1. The number of allylic oxidation sites excluding steroid dienone is 1. The zero-order valence-corrected chi connectivity index (χ0v) is 11.4. The Hall–Kier alpha value is -1.61. The van der Waals surface area contributed by atoms with Crippen molar-refractivity contribution in [3.05, 3.63) is 40.6 Å². The summed E-state index contributed by atoms with van der Waals surface area (Å²) in [4.78, 5) is 15.9. The molecule has 0 unspecified atom stereocenters. The Kier molecular flexibility index (Phi) is 5.59. The van der Waals surface area contributed by atoms with Gasteiger partial charge in [0.25, 0.3) is 0 Å². The summed E-state index contributed by atoms with van der Waals surface area (Å²) in [5.41, 5.74) is 7.54. The van der Waals surface area contributed by atoms with E-state index in [1.807, 2.05) is 26.0 Å². The second kappa shape index (κ2) is 6.97. The average molecular weight is 265 g/mol. The number of carbonyl (C=O) groups excluding carboxylic acids is 1. The molecule has 2 N–H and O–H groups in total. The van der Waals surface area contributed by atoms with Crippen LogP contribution in [0.25, 0.3) is 0 Å². The second-order valence-electron chi connectivity index (χ2n) is 4.01. The molecule has 1 aromatic rings. The Balaban J connectivity index is 2.91. The van der Waals surface area contributed by atoms with Gasteiger partial charge in [0.2, 0.25) is 0 Å². The highest BCUT2D eigenvalue weighted by Gasteiger charge is 2.05. The van der Waals surface area contributed by atoms with E-state index in [4.69, 9.17) is 17.3 Å². The van der Waals surface area contributed by atoms with Gasteiger partial charge in [-0.2, -0.15) is 0 Å². The van der Waals surface area contributed by atoms with Crippen molar-refractivity contribution < 1.29 is 4.79 Å². The summed E-state index contributed by atoms with van der Waals surface area (Å²) >= 11 is 6.01. The molecule has 0 heterocycles. The molecule has 1 rings (SSSR count). The number of nitrogens with zero attached hydrogens (tertiary/aromatic N) is 1. The van der Waals surface area contributed by atoms with Crippen LogP contribution in [-0.4, -0.2) is 12.0 Å². The number of rotatable bonds is 5. The lowest BCUT2D eigenvalue weighted by atomic mass is 10.1. The van der Waals surface area contributed by atoms with E-state index in [0.717, 1.165) is 12.0 Å². The topological polar surface area (TPSA) is 55.5 Å². The minimum absolute atomic E-state index is 0.00692. The summed E-state index contributed by atoms with van der Waals surface area (Å²) in [6, 6.07) is 5.55. The summed E-state index contributed by atoms with van der Waals surface area (Å²) in [5, 5.41) is 0.552. The summed E-state index contributed by atoms with van der Waals surface area (Å²) < 4.78 is 0. The van der Waals surface area contributed by atoms with Crippen LogP contribution in [0.15, 0.2) is 35.0 Å². The summed E-state index contributed by atoms with van der Waals surface area (Å²) in [6.07, 6.45) is 4.01. The molecule has 0 aromatic heterocycles. The number of aryl methyl sites for hydroxylation is 1. The fourth-order valence-electron chi connectivity index (χ4n) is 1.44. The monoisotopic (exact) mass is 264 g/mol. The molecule has 0 saturated carbocycles. The SMILES string of the molecule is CCCC(=O)/C(C=Nc1cc(C)ccc1Cl)=C/N. The van der Waals surface area contributed by atoms with Crippen LogP contribution in [0, 0.1) is 6.92 Å². The Labute approximate surface area is 112 Å². The molecular weight excluding hydrogens is 248 g/mol. The first-order valence-corrected chi connectivity index (χ1v) is 6.21. The van der Waals surface area contributed by atoms with Gasteiger partial charge in [0.1, 0.15) is 0 Å².